The summed E-state index contributed by atoms with van der Waals surface area (Å²) in [6, 6.07) is 11.3. The van der Waals surface area contributed by atoms with E-state index >= 15 is 0 Å². The van der Waals surface area contributed by atoms with Gasteiger partial charge in [0, 0.05) is 44.6 Å². The van der Waals surface area contributed by atoms with Crippen LogP contribution < -0.4 is 20.3 Å². The summed E-state index contributed by atoms with van der Waals surface area (Å²) in [7, 11) is 0. The van der Waals surface area contributed by atoms with Gasteiger partial charge >= 0.3 is 0 Å². The highest BCUT2D eigenvalue weighted by atomic mass is 35.5. The van der Waals surface area contributed by atoms with Crippen molar-refractivity contribution in [1.29, 1.82) is 0 Å². The topological polar surface area (TPSA) is 82.6 Å². The SMILES string of the molecule is Cc1cc(Nc2ncc3c(n2)OCN(c2c(Cl)cccc2Cl)C3=O)ccc1CN1CCNCC1. The van der Waals surface area contributed by atoms with E-state index in [1.165, 1.54) is 22.2 Å². The quantitative estimate of drug-likeness (QED) is 0.544. The molecule has 0 unspecified atom stereocenters. The molecule has 1 saturated heterocycles. The van der Waals surface area contributed by atoms with E-state index in [-0.39, 0.29) is 24.1 Å². The number of aryl methyl sites for hydroxylation is 1. The van der Waals surface area contributed by atoms with Gasteiger partial charge in [-0.05, 0) is 42.3 Å². The third kappa shape index (κ3) is 4.67. The van der Waals surface area contributed by atoms with Gasteiger partial charge in [0.2, 0.25) is 11.8 Å². The minimum Gasteiger partial charge on any atom is -0.455 e. The van der Waals surface area contributed by atoms with Crippen LogP contribution in [-0.2, 0) is 6.54 Å². The van der Waals surface area contributed by atoms with E-state index in [0.29, 0.717) is 21.7 Å². The first-order valence-corrected chi connectivity index (χ1v) is 11.8. The lowest BCUT2D eigenvalue weighted by Crippen LogP contribution is -2.42. The van der Waals surface area contributed by atoms with Gasteiger partial charge in [-0.15, -0.1) is 0 Å². The van der Waals surface area contributed by atoms with E-state index in [4.69, 9.17) is 27.9 Å². The number of ether oxygens (including phenoxy) is 1. The van der Waals surface area contributed by atoms with Crippen LogP contribution in [0.3, 0.4) is 0 Å². The van der Waals surface area contributed by atoms with Crippen LogP contribution in [0.2, 0.25) is 10.0 Å². The lowest BCUT2D eigenvalue weighted by Gasteiger charge is -2.29. The van der Waals surface area contributed by atoms with E-state index in [0.717, 1.165) is 38.4 Å². The number of anilines is 3. The van der Waals surface area contributed by atoms with E-state index in [1.54, 1.807) is 18.2 Å². The Morgan fingerprint density at radius 2 is 1.91 bits per heavy atom. The Kier molecular flexibility index (Phi) is 6.56. The maximum atomic E-state index is 13.1. The highest BCUT2D eigenvalue weighted by Gasteiger charge is 2.31. The third-order valence-electron chi connectivity index (χ3n) is 5.97. The molecule has 8 nitrogen and oxygen atoms in total. The van der Waals surface area contributed by atoms with E-state index in [1.807, 2.05) is 6.07 Å². The smallest absolute Gasteiger partial charge is 0.268 e. The molecule has 3 heterocycles. The third-order valence-corrected chi connectivity index (χ3v) is 6.58. The molecular formula is C24H24Cl2N6O2. The number of piperazine rings is 1. The van der Waals surface area contributed by atoms with Crippen LogP contribution in [0.5, 0.6) is 5.88 Å². The fraction of sp³-hybridized carbons (Fsp3) is 0.292. The number of aromatic nitrogens is 2. The molecule has 2 aromatic carbocycles. The number of carbonyl (C=O) groups excluding carboxylic acids is 1. The predicted molar refractivity (Wildman–Crippen MR) is 133 cm³/mol. The minimum atomic E-state index is -0.323. The fourth-order valence-corrected chi connectivity index (χ4v) is 4.72. The van der Waals surface area contributed by atoms with Crippen molar-refractivity contribution in [2.75, 3.05) is 43.1 Å². The first kappa shape index (κ1) is 22.9. The predicted octanol–water partition coefficient (Wildman–Crippen LogP) is 4.24. The summed E-state index contributed by atoms with van der Waals surface area (Å²) in [6.07, 6.45) is 1.45. The summed E-state index contributed by atoms with van der Waals surface area (Å²) in [5.41, 5.74) is 4.01. The Balaban J connectivity index is 1.31. The van der Waals surface area contributed by atoms with E-state index in [9.17, 15) is 4.79 Å². The van der Waals surface area contributed by atoms with Gasteiger partial charge in [-0.2, -0.15) is 4.98 Å². The monoisotopic (exact) mass is 498 g/mol. The van der Waals surface area contributed by atoms with Crippen molar-refractivity contribution in [2.24, 2.45) is 0 Å². The fourth-order valence-electron chi connectivity index (χ4n) is 4.12. The molecule has 176 valence electrons. The molecule has 1 amide bonds. The molecule has 0 atom stereocenters. The van der Waals surface area contributed by atoms with Gasteiger partial charge < -0.3 is 15.4 Å². The molecule has 2 aliphatic heterocycles. The van der Waals surface area contributed by atoms with Crippen molar-refractivity contribution in [3.63, 3.8) is 0 Å². The molecule has 0 saturated carbocycles. The number of hydrogen-bond donors (Lipinski definition) is 2. The number of nitrogens with zero attached hydrogens (tertiary/aromatic N) is 4. The van der Waals surface area contributed by atoms with Crippen LogP contribution in [0.25, 0.3) is 0 Å². The summed E-state index contributed by atoms with van der Waals surface area (Å²) < 4.78 is 5.76. The van der Waals surface area contributed by atoms with Crippen molar-refractivity contribution < 1.29 is 9.53 Å². The van der Waals surface area contributed by atoms with Crippen LogP contribution in [0.4, 0.5) is 17.3 Å². The van der Waals surface area contributed by atoms with Crippen molar-refractivity contribution in [3.8, 4) is 5.88 Å². The van der Waals surface area contributed by atoms with Gasteiger partial charge in [0.15, 0.2) is 6.73 Å². The first-order chi connectivity index (χ1) is 16.5. The summed E-state index contributed by atoms with van der Waals surface area (Å²) in [5, 5.41) is 7.32. The van der Waals surface area contributed by atoms with Gasteiger partial charge in [0.05, 0.1) is 15.7 Å². The molecular weight excluding hydrogens is 475 g/mol. The number of fused-ring (bicyclic) bond motifs is 1. The van der Waals surface area contributed by atoms with Gasteiger partial charge in [-0.3, -0.25) is 14.6 Å². The van der Waals surface area contributed by atoms with Crippen molar-refractivity contribution in [1.82, 2.24) is 20.2 Å². The van der Waals surface area contributed by atoms with Gasteiger partial charge in [-0.1, -0.05) is 35.3 Å². The van der Waals surface area contributed by atoms with Crippen molar-refractivity contribution in [3.05, 3.63) is 69.3 Å². The Morgan fingerprint density at radius 3 is 2.65 bits per heavy atom. The van der Waals surface area contributed by atoms with Gasteiger partial charge in [0.1, 0.15) is 5.56 Å². The average molecular weight is 499 g/mol. The summed E-state index contributed by atoms with van der Waals surface area (Å²) >= 11 is 12.5. The second-order valence-electron chi connectivity index (χ2n) is 8.28. The van der Waals surface area contributed by atoms with Crippen molar-refractivity contribution >= 4 is 46.4 Å². The number of nitrogens with one attached hydrogen (secondary N) is 2. The van der Waals surface area contributed by atoms with Gasteiger partial charge in [0.25, 0.3) is 5.91 Å². The molecule has 3 aromatic rings. The highest BCUT2D eigenvalue weighted by Crippen LogP contribution is 2.37. The number of halogens is 2. The molecule has 34 heavy (non-hydrogen) atoms. The number of amides is 1. The zero-order valence-corrected chi connectivity index (χ0v) is 20.2. The minimum absolute atomic E-state index is 0.0500. The molecule has 2 aliphatic rings. The van der Waals surface area contributed by atoms with Crippen molar-refractivity contribution in [2.45, 2.75) is 13.5 Å². The zero-order chi connectivity index (χ0) is 23.7. The Morgan fingerprint density at radius 1 is 1.15 bits per heavy atom. The van der Waals surface area contributed by atoms with E-state index in [2.05, 4.69) is 44.6 Å². The molecule has 1 aromatic heterocycles. The highest BCUT2D eigenvalue weighted by molar-refractivity contribution is 6.40. The van der Waals surface area contributed by atoms with Gasteiger partial charge in [-0.25, -0.2) is 4.98 Å². The van der Waals surface area contributed by atoms with Crippen LogP contribution >= 0.6 is 23.2 Å². The Hall–Kier alpha value is -2.91. The van der Waals surface area contributed by atoms with Crippen LogP contribution in [0.15, 0.2) is 42.6 Å². The molecule has 0 aliphatic carbocycles. The number of para-hydroxylation sites is 1. The van der Waals surface area contributed by atoms with Crippen LogP contribution in [0.1, 0.15) is 21.5 Å². The maximum absolute atomic E-state index is 13.1. The maximum Gasteiger partial charge on any atom is 0.268 e. The lowest BCUT2D eigenvalue weighted by atomic mass is 10.1. The molecule has 5 rings (SSSR count). The standard InChI is InChI=1S/C24H24Cl2N6O2/c1-15-11-17(6-5-16(15)13-31-9-7-27-8-10-31)29-24-28-12-18-22(30-24)34-14-32(23(18)33)21-19(25)3-2-4-20(21)26/h2-6,11-12,27H,7-10,13-14H2,1H3,(H,28,29,30). The second-order valence-corrected chi connectivity index (χ2v) is 9.10. The molecule has 0 bridgehead atoms. The second kappa shape index (κ2) is 9.76. The van der Waals surface area contributed by atoms with Crippen LogP contribution in [0, 0.1) is 6.92 Å². The normalized spacial score (nSPS) is 16.2. The summed E-state index contributed by atoms with van der Waals surface area (Å²) in [6.45, 7) is 7.16. The molecule has 10 heteroatoms. The number of rotatable bonds is 5. The zero-order valence-electron chi connectivity index (χ0n) is 18.6. The number of benzene rings is 2. The Labute approximate surface area is 207 Å². The van der Waals surface area contributed by atoms with E-state index < -0.39 is 0 Å². The summed E-state index contributed by atoms with van der Waals surface area (Å²) in [4.78, 5) is 25.6. The number of carbonyl (C=O) groups is 1. The van der Waals surface area contributed by atoms with Crippen LogP contribution in [-0.4, -0.2) is 53.7 Å². The number of hydrogen-bond acceptors (Lipinski definition) is 7. The molecule has 2 N–H and O–H groups in total. The Bertz CT molecular complexity index is 1210. The average Bonchev–Trinajstić information content (AvgIpc) is 2.83. The molecule has 1 fully saturated rings. The summed E-state index contributed by atoms with van der Waals surface area (Å²) in [5.74, 6) is 0.245. The lowest BCUT2D eigenvalue weighted by molar-refractivity contribution is 0.0932. The first-order valence-electron chi connectivity index (χ1n) is 11.0. The molecule has 0 radical (unpaired) electrons. The molecule has 0 spiro atoms. The largest absolute Gasteiger partial charge is 0.455 e.